The normalized spacial score (nSPS) is 11.9. The highest BCUT2D eigenvalue weighted by molar-refractivity contribution is 5.86. The van der Waals surface area contributed by atoms with Gasteiger partial charge < -0.3 is 15.0 Å². The van der Waals surface area contributed by atoms with Gasteiger partial charge in [-0.25, -0.2) is 0 Å². The summed E-state index contributed by atoms with van der Waals surface area (Å²) >= 11 is 0. The lowest BCUT2D eigenvalue weighted by Gasteiger charge is -2.19. The molecule has 0 unspecified atom stereocenters. The van der Waals surface area contributed by atoms with E-state index in [2.05, 4.69) is 45.2 Å². The Morgan fingerprint density at radius 1 is 1.32 bits per heavy atom. The third-order valence-electron chi connectivity index (χ3n) is 4.01. The van der Waals surface area contributed by atoms with Gasteiger partial charge in [0.1, 0.15) is 6.54 Å². The molecule has 4 nitrogen and oxygen atoms in total. The molecule has 22 heavy (non-hydrogen) atoms. The monoisotopic (exact) mass is 302 g/mol. The van der Waals surface area contributed by atoms with Gasteiger partial charge in [-0.05, 0) is 48.1 Å². The Bertz CT molecular complexity index is 666. The van der Waals surface area contributed by atoms with Gasteiger partial charge in [-0.1, -0.05) is 26.8 Å². The van der Waals surface area contributed by atoms with Crippen LogP contribution in [0.15, 0.2) is 24.4 Å². The van der Waals surface area contributed by atoms with Crippen LogP contribution in [0.1, 0.15) is 38.3 Å². The second kappa shape index (κ2) is 6.53. The first-order valence-electron chi connectivity index (χ1n) is 7.76. The molecule has 0 aliphatic rings. The minimum Gasteiger partial charge on any atom is -0.468 e. The van der Waals surface area contributed by atoms with Crippen LogP contribution in [0.5, 0.6) is 0 Å². The van der Waals surface area contributed by atoms with E-state index in [0.717, 1.165) is 18.4 Å². The number of nitrogens with zero attached hydrogens (tertiary/aromatic N) is 1. The number of methoxy groups -OCH3 is 1. The molecule has 0 saturated heterocycles. The Labute approximate surface area is 132 Å². The number of nitrogens with two attached hydrogens (primary N) is 1. The van der Waals surface area contributed by atoms with E-state index in [1.807, 2.05) is 4.57 Å². The van der Waals surface area contributed by atoms with Crippen LogP contribution < -0.4 is 5.73 Å². The third-order valence-corrected chi connectivity index (χ3v) is 4.01. The van der Waals surface area contributed by atoms with Crippen LogP contribution in [0, 0.1) is 0 Å². The molecule has 120 valence electrons. The molecule has 0 aliphatic carbocycles. The summed E-state index contributed by atoms with van der Waals surface area (Å²) in [6.45, 7) is 7.53. The molecule has 1 heterocycles. The Morgan fingerprint density at radius 2 is 2.05 bits per heavy atom. The lowest BCUT2D eigenvalue weighted by atomic mass is 9.86. The first-order valence-corrected chi connectivity index (χ1v) is 7.76. The number of ether oxygens (including phenoxy) is 1. The molecule has 2 N–H and O–H groups in total. The summed E-state index contributed by atoms with van der Waals surface area (Å²) in [5, 5.41) is 1.21. The molecular formula is C18H26N2O2. The van der Waals surface area contributed by atoms with Crippen molar-refractivity contribution in [2.45, 2.75) is 45.6 Å². The van der Waals surface area contributed by atoms with Gasteiger partial charge >= 0.3 is 5.97 Å². The standard InChI is InChI=1S/C18H26N2O2/c1-18(2,3)14-7-8-16-15(10-14)13(6-5-9-19)11-20(16)12-17(21)22-4/h7-8,10-11H,5-6,9,12,19H2,1-4H3. The summed E-state index contributed by atoms with van der Waals surface area (Å²) in [4.78, 5) is 11.6. The zero-order valence-corrected chi connectivity index (χ0v) is 14.0. The van der Waals surface area contributed by atoms with Crippen LogP contribution in [0.3, 0.4) is 0 Å². The van der Waals surface area contributed by atoms with Gasteiger partial charge in [0, 0.05) is 17.1 Å². The quantitative estimate of drug-likeness (QED) is 0.864. The molecule has 0 fully saturated rings. The number of fused-ring (bicyclic) bond motifs is 1. The van der Waals surface area contributed by atoms with Crippen molar-refractivity contribution >= 4 is 16.9 Å². The first kappa shape index (κ1) is 16.6. The van der Waals surface area contributed by atoms with Crippen molar-refractivity contribution in [2.24, 2.45) is 5.73 Å². The second-order valence-electron chi connectivity index (χ2n) is 6.73. The van der Waals surface area contributed by atoms with Crippen LogP contribution in [0.2, 0.25) is 0 Å². The summed E-state index contributed by atoms with van der Waals surface area (Å²) in [6, 6.07) is 6.49. The summed E-state index contributed by atoms with van der Waals surface area (Å²) in [7, 11) is 1.42. The van der Waals surface area contributed by atoms with Crippen molar-refractivity contribution < 1.29 is 9.53 Å². The number of hydrogen-bond donors (Lipinski definition) is 1. The molecule has 1 aromatic carbocycles. The zero-order chi connectivity index (χ0) is 16.3. The fourth-order valence-electron chi connectivity index (χ4n) is 2.66. The highest BCUT2D eigenvalue weighted by Crippen LogP contribution is 2.29. The number of benzene rings is 1. The van der Waals surface area contributed by atoms with E-state index in [1.165, 1.54) is 23.6 Å². The van der Waals surface area contributed by atoms with Crippen molar-refractivity contribution in [1.82, 2.24) is 4.57 Å². The summed E-state index contributed by atoms with van der Waals surface area (Å²) in [5.74, 6) is -0.234. The molecule has 0 spiro atoms. The van der Waals surface area contributed by atoms with Gasteiger partial charge in [-0.15, -0.1) is 0 Å². The average Bonchev–Trinajstić information content (AvgIpc) is 2.81. The zero-order valence-electron chi connectivity index (χ0n) is 14.0. The predicted molar refractivity (Wildman–Crippen MR) is 90.0 cm³/mol. The lowest BCUT2D eigenvalue weighted by molar-refractivity contribution is -0.141. The van der Waals surface area contributed by atoms with Crippen molar-refractivity contribution in [3.63, 3.8) is 0 Å². The number of esters is 1. The first-order chi connectivity index (χ1) is 10.4. The average molecular weight is 302 g/mol. The Hall–Kier alpha value is -1.81. The van der Waals surface area contributed by atoms with Gasteiger partial charge in [0.15, 0.2) is 0 Å². The van der Waals surface area contributed by atoms with E-state index in [1.54, 1.807) is 0 Å². The SMILES string of the molecule is COC(=O)Cn1cc(CCCN)c2cc(C(C)(C)C)ccc21. The van der Waals surface area contributed by atoms with Gasteiger partial charge in [-0.2, -0.15) is 0 Å². The Balaban J connectivity index is 2.51. The van der Waals surface area contributed by atoms with E-state index >= 15 is 0 Å². The maximum Gasteiger partial charge on any atom is 0.325 e. The fraction of sp³-hybridized carbons (Fsp3) is 0.500. The minimum atomic E-state index is -0.234. The summed E-state index contributed by atoms with van der Waals surface area (Å²) in [5.41, 5.74) is 9.37. The van der Waals surface area contributed by atoms with Crippen molar-refractivity contribution in [3.05, 3.63) is 35.5 Å². The molecule has 0 bridgehead atoms. The molecule has 2 aromatic rings. The molecule has 0 amide bonds. The summed E-state index contributed by atoms with van der Waals surface area (Å²) < 4.78 is 6.76. The number of hydrogen-bond acceptors (Lipinski definition) is 3. The topological polar surface area (TPSA) is 57.2 Å². The number of rotatable bonds is 5. The molecule has 0 saturated carbocycles. The number of carbonyl (C=O) groups excluding carboxylic acids is 1. The molecule has 0 radical (unpaired) electrons. The smallest absolute Gasteiger partial charge is 0.325 e. The number of carbonyl (C=O) groups is 1. The van der Waals surface area contributed by atoms with Crippen molar-refractivity contribution in [1.29, 1.82) is 0 Å². The maximum absolute atomic E-state index is 11.6. The van der Waals surface area contributed by atoms with E-state index in [9.17, 15) is 4.79 Å². The van der Waals surface area contributed by atoms with Crippen LogP contribution in [0.4, 0.5) is 0 Å². The highest BCUT2D eigenvalue weighted by Gasteiger charge is 2.17. The number of aryl methyl sites for hydroxylation is 1. The highest BCUT2D eigenvalue weighted by atomic mass is 16.5. The molecule has 0 atom stereocenters. The predicted octanol–water partition coefficient (Wildman–Crippen LogP) is 3.00. The largest absolute Gasteiger partial charge is 0.468 e. The van der Waals surface area contributed by atoms with E-state index in [-0.39, 0.29) is 17.9 Å². The molecule has 4 heteroatoms. The van der Waals surface area contributed by atoms with E-state index < -0.39 is 0 Å². The van der Waals surface area contributed by atoms with Crippen LogP contribution in [-0.4, -0.2) is 24.2 Å². The third kappa shape index (κ3) is 3.50. The Kier molecular flexibility index (Phi) is 4.91. The molecular weight excluding hydrogens is 276 g/mol. The lowest BCUT2D eigenvalue weighted by Crippen LogP contribution is -2.12. The molecule has 0 aliphatic heterocycles. The molecule has 2 rings (SSSR count). The van der Waals surface area contributed by atoms with Crippen molar-refractivity contribution in [2.75, 3.05) is 13.7 Å². The van der Waals surface area contributed by atoms with Gasteiger partial charge in [-0.3, -0.25) is 4.79 Å². The van der Waals surface area contributed by atoms with Gasteiger partial charge in [0.05, 0.1) is 7.11 Å². The van der Waals surface area contributed by atoms with Crippen LogP contribution in [0.25, 0.3) is 10.9 Å². The number of aromatic nitrogens is 1. The second-order valence-corrected chi connectivity index (χ2v) is 6.73. The summed E-state index contributed by atoms with van der Waals surface area (Å²) in [6.07, 6.45) is 3.93. The van der Waals surface area contributed by atoms with E-state index in [4.69, 9.17) is 10.5 Å². The van der Waals surface area contributed by atoms with Crippen LogP contribution in [-0.2, 0) is 27.9 Å². The maximum atomic E-state index is 11.6. The van der Waals surface area contributed by atoms with Crippen LogP contribution >= 0.6 is 0 Å². The van der Waals surface area contributed by atoms with E-state index in [0.29, 0.717) is 6.54 Å². The fourth-order valence-corrected chi connectivity index (χ4v) is 2.66. The van der Waals surface area contributed by atoms with Gasteiger partial charge in [0.25, 0.3) is 0 Å². The molecule has 1 aromatic heterocycles. The minimum absolute atomic E-state index is 0.101. The Morgan fingerprint density at radius 3 is 2.64 bits per heavy atom. The van der Waals surface area contributed by atoms with Gasteiger partial charge in [0.2, 0.25) is 0 Å². The van der Waals surface area contributed by atoms with Crippen molar-refractivity contribution in [3.8, 4) is 0 Å².